The van der Waals surface area contributed by atoms with Crippen LogP contribution in [0, 0.1) is 15.3 Å². The molecular weight excluding hydrogens is 202 g/mol. The molecule has 15 heavy (non-hydrogen) atoms. The van der Waals surface area contributed by atoms with Crippen LogP contribution >= 0.6 is 0 Å². The Labute approximate surface area is 83.2 Å². The molecule has 0 amide bonds. The molecule has 7 heteroatoms. The van der Waals surface area contributed by atoms with Crippen molar-refractivity contribution in [3.8, 4) is 11.3 Å². The van der Waals surface area contributed by atoms with Gasteiger partial charge in [0.15, 0.2) is 6.20 Å². The molecular formula is C8H5N3O4. The topological polar surface area (TPSA) is 96.1 Å². The van der Waals surface area contributed by atoms with Crippen molar-refractivity contribution in [1.82, 2.24) is 5.16 Å². The van der Waals surface area contributed by atoms with Gasteiger partial charge in [0.1, 0.15) is 0 Å². The van der Waals surface area contributed by atoms with Gasteiger partial charge in [0.2, 0.25) is 5.69 Å². The second-order valence-corrected chi connectivity index (χ2v) is 2.78. The molecule has 0 fully saturated rings. The van der Waals surface area contributed by atoms with Crippen LogP contribution in [0.3, 0.4) is 0 Å². The molecule has 0 N–H and O–H groups in total. The van der Waals surface area contributed by atoms with Crippen LogP contribution in [0.15, 0.2) is 35.1 Å². The monoisotopic (exact) mass is 207 g/mol. The van der Waals surface area contributed by atoms with Crippen LogP contribution in [0.2, 0.25) is 0 Å². The van der Waals surface area contributed by atoms with Crippen molar-refractivity contribution >= 4 is 5.69 Å². The van der Waals surface area contributed by atoms with Gasteiger partial charge in [-0.2, -0.15) is 0 Å². The molecule has 0 aliphatic rings. The molecule has 0 atom stereocenters. The fourth-order valence-electron chi connectivity index (χ4n) is 1.11. The molecule has 0 radical (unpaired) electrons. The second-order valence-electron chi connectivity index (χ2n) is 2.78. The van der Waals surface area contributed by atoms with E-state index < -0.39 is 4.92 Å². The average molecular weight is 207 g/mol. The first-order valence-electron chi connectivity index (χ1n) is 3.98. The average Bonchev–Trinajstić information content (AvgIpc) is 2.65. The van der Waals surface area contributed by atoms with Crippen molar-refractivity contribution < 1.29 is 14.5 Å². The lowest BCUT2D eigenvalue weighted by molar-refractivity contribution is -0.802. The molecule has 0 saturated carbocycles. The summed E-state index contributed by atoms with van der Waals surface area (Å²) in [5.41, 5.74) is 0.899. The Morgan fingerprint density at radius 1 is 1.33 bits per heavy atom. The zero-order valence-corrected chi connectivity index (χ0v) is 7.36. The van der Waals surface area contributed by atoms with E-state index in [0.717, 1.165) is 6.20 Å². The number of hydrogen-bond acceptors (Lipinski definition) is 5. The number of nitro groups is 1. The number of hydrogen-bond donors (Lipinski definition) is 0. The summed E-state index contributed by atoms with van der Waals surface area (Å²) in [4.78, 5) is 10.1. The zero-order chi connectivity index (χ0) is 10.8. The summed E-state index contributed by atoms with van der Waals surface area (Å²) in [6.45, 7) is 0. The smallest absolute Gasteiger partial charge is 0.269 e. The molecule has 2 aromatic rings. The van der Waals surface area contributed by atoms with Gasteiger partial charge in [-0.3, -0.25) is 14.7 Å². The van der Waals surface area contributed by atoms with Crippen LogP contribution in [-0.2, 0) is 0 Å². The van der Waals surface area contributed by atoms with E-state index in [4.69, 9.17) is 0 Å². The summed E-state index contributed by atoms with van der Waals surface area (Å²) in [6, 6.07) is 5.66. The molecule has 76 valence electrons. The Bertz CT molecular complexity index is 491. The van der Waals surface area contributed by atoms with Gasteiger partial charge in [-0.15, -0.1) is 0 Å². The Morgan fingerprint density at radius 2 is 2.00 bits per heavy atom. The van der Waals surface area contributed by atoms with Crippen LogP contribution in [0.4, 0.5) is 5.69 Å². The van der Waals surface area contributed by atoms with Gasteiger partial charge in [-0.25, -0.2) is 0 Å². The third-order valence-electron chi connectivity index (χ3n) is 1.82. The fourth-order valence-corrected chi connectivity index (χ4v) is 1.11. The van der Waals surface area contributed by atoms with E-state index >= 15 is 0 Å². The molecule has 7 nitrogen and oxygen atoms in total. The standard InChI is InChI=1S/C8H5N3O4/c12-10-5-8(9-15-10)6-1-3-7(4-2-6)11(13)14/h1-5H. The maximum Gasteiger partial charge on any atom is 0.269 e. The number of nitrogens with zero attached hydrogens (tertiary/aromatic N) is 3. The van der Waals surface area contributed by atoms with Gasteiger partial charge >= 0.3 is 0 Å². The van der Waals surface area contributed by atoms with Gasteiger partial charge in [0.25, 0.3) is 5.69 Å². The van der Waals surface area contributed by atoms with Crippen molar-refractivity contribution in [3.05, 3.63) is 45.8 Å². The first kappa shape index (κ1) is 9.13. The summed E-state index contributed by atoms with van der Waals surface area (Å²) in [7, 11) is 0. The van der Waals surface area contributed by atoms with Gasteiger partial charge in [-0.05, 0) is 17.0 Å². The molecule has 0 saturated heterocycles. The quantitative estimate of drug-likeness (QED) is 0.413. The molecule has 1 aromatic heterocycles. The van der Waals surface area contributed by atoms with E-state index in [1.807, 2.05) is 0 Å². The Morgan fingerprint density at radius 3 is 2.47 bits per heavy atom. The number of non-ortho nitro benzene ring substituents is 1. The number of nitro benzene ring substituents is 1. The lowest BCUT2D eigenvalue weighted by Crippen LogP contribution is -2.20. The van der Waals surface area contributed by atoms with Gasteiger partial charge < -0.3 is 5.21 Å². The van der Waals surface area contributed by atoms with E-state index in [1.165, 1.54) is 24.3 Å². The van der Waals surface area contributed by atoms with E-state index in [0.29, 0.717) is 11.3 Å². The minimum atomic E-state index is -0.500. The summed E-state index contributed by atoms with van der Waals surface area (Å²) >= 11 is 0. The summed E-state index contributed by atoms with van der Waals surface area (Å²) in [6.07, 6.45) is 1.14. The molecule has 0 bridgehead atoms. The highest BCUT2D eigenvalue weighted by atomic mass is 16.8. The Balaban J connectivity index is 2.35. The van der Waals surface area contributed by atoms with E-state index in [2.05, 4.69) is 9.79 Å². The number of rotatable bonds is 2. The maximum atomic E-state index is 10.6. The van der Waals surface area contributed by atoms with Crippen molar-refractivity contribution in [2.45, 2.75) is 0 Å². The largest absolute Gasteiger partial charge is 0.360 e. The predicted molar refractivity (Wildman–Crippen MR) is 47.6 cm³/mol. The fraction of sp³-hybridized carbons (Fsp3) is 0. The molecule has 1 heterocycles. The van der Waals surface area contributed by atoms with Gasteiger partial charge in [0, 0.05) is 22.9 Å². The predicted octanol–water partition coefficient (Wildman–Crippen LogP) is 0.883. The summed E-state index contributed by atoms with van der Waals surface area (Å²) in [5.74, 6) is 0. The normalized spacial score (nSPS) is 10.1. The third-order valence-corrected chi connectivity index (χ3v) is 1.82. The van der Waals surface area contributed by atoms with Crippen LogP contribution in [0.25, 0.3) is 11.3 Å². The first-order valence-corrected chi connectivity index (χ1v) is 3.98. The highest BCUT2D eigenvalue weighted by molar-refractivity contribution is 5.58. The van der Waals surface area contributed by atoms with Crippen LogP contribution in [0.5, 0.6) is 0 Å². The van der Waals surface area contributed by atoms with Crippen molar-refractivity contribution in [2.24, 2.45) is 0 Å². The van der Waals surface area contributed by atoms with E-state index in [1.54, 1.807) is 0 Å². The van der Waals surface area contributed by atoms with Crippen molar-refractivity contribution in [3.63, 3.8) is 0 Å². The summed E-state index contributed by atoms with van der Waals surface area (Å²) in [5, 5.41) is 24.5. The Kier molecular flexibility index (Phi) is 2.05. The first-order chi connectivity index (χ1) is 7.16. The number of aromatic nitrogens is 2. The number of benzene rings is 1. The Hall–Kier alpha value is -2.44. The van der Waals surface area contributed by atoms with E-state index in [9.17, 15) is 15.3 Å². The molecule has 0 spiro atoms. The molecule has 1 aromatic carbocycles. The molecule has 0 aliphatic heterocycles. The lowest BCUT2D eigenvalue weighted by atomic mass is 10.1. The maximum absolute atomic E-state index is 10.6. The van der Waals surface area contributed by atoms with Crippen LogP contribution in [0.1, 0.15) is 0 Å². The highest BCUT2D eigenvalue weighted by Crippen LogP contribution is 2.19. The highest BCUT2D eigenvalue weighted by Gasteiger charge is 2.11. The molecule has 0 unspecified atom stereocenters. The SMILES string of the molecule is O=[N+]([O-])c1ccc(-c2c[n+]([O-])on2)cc1. The zero-order valence-electron chi connectivity index (χ0n) is 7.36. The minimum Gasteiger partial charge on any atom is -0.360 e. The minimum absolute atomic E-state index is 0.0164. The van der Waals surface area contributed by atoms with Crippen LogP contribution < -0.4 is 4.90 Å². The molecule has 2 rings (SSSR count). The van der Waals surface area contributed by atoms with Gasteiger partial charge in [-0.1, -0.05) is 0 Å². The van der Waals surface area contributed by atoms with Crippen LogP contribution in [-0.4, -0.2) is 10.1 Å². The van der Waals surface area contributed by atoms with Gasteiger partial charge in [0.05, 0.1) is 4.92 Å². The third kappa shape index (κ3) is 1.75. The van der Waals surface area contributed by atoms with Crippen molar-refractivity contribution in [2.75, 3.05) is 0 Å². The lowest BCUT2D eigenvalue weighted by Gasteiger charge is -1.91. The van der Waals surface area contributed by atoms with E-state index in [-0.39, 0.29) is 10.6 Å². The van der Waals surface area contributed by atoms with Crippen molar-refractivity contribution in [1.29, 1.82) is 0 Å². The molecule has 0 aliphatic carbocycles. The summed E-state index contributed by atoms with van der Waals surface area (Å²) < 4.78 is 4.27. The second kappa shape index (κ2) is 3.37.